The van der Waals surface area contributed by atoms with Crippen LogP contribution in [-0.4, -0.2) is 29.3 Å². The van der Waals surface area contributed by atoms with Gasteiger partial charge in [-0.05, 0) is 67.0 Å². The van der Waals surface area contributed by atoms with Gasteiger partial charge in [-0.15, -0.1) is 0 Å². The first-order chi connectivity index (χ1) is 13.3. The van der Waals surface area contributed by atoms with E-state index in [-0.39, 0.29) is 18.4 Å². The average Bonchev–Trinajstić information content (AvgIpc) is 3.51. The largest absolute Gasteiger partial charge is 0.343 e. The summed E-state index contributed by atoms with van der Waals surface area (Å²) in [6, 6.07) is 14.4. The molecule has 28 heavy (non-hydrogen) atoms. The van der Waals surface area contributed by atoms with Crippen molar-refractivity contribution < 1.29 is 9.59 Å². The first-order valence-electron chi connectivity index (χ1n) is 10.1. The van der Waals surface area contributed by atoms with Crippen molar-refractivity contribution in [3.63, 3.8) is 0 Å². The first kappa shape index (κ1) is 20.1. The van der Waals surface area contributed by atoms with Gasteiger partial charge in [-0.2, -0.15) is 0 Å². The van der Waals surface area contributed by atoms with Gasteiger partial charge >= 0.3 is 0 Å². The van der Waals surface area contributed by atoms with Gasteiger partial charge in [-0.1, -0.05) is 44.2 Å². The monoisotopic (exact) mass is 378 g/mol. The maximum absolute atomic E-state index is 12.8. The molecular weight excluding hydrogens is 348 g/mol. The molecule has 3 rings (SSSR count). The number of aryl methyl sites for hydroxylation is 2. The topological polar surface area (TPSA) is 49.4 Å². The fourth-order valence-electron chi connectivity index (χ4n) is 3.25. The minimum atomic E-state index is -0.200. The second-order valence-corrected chi connectivity index (χ2v) is 8.13. The van der Waals surface area contributed by atoms with Crippen molar-refractivity contribution in [2.24, 2.45) is 0 Å². The van der Waals surface area contributed by atoms with E-state index in [0.29, 0.717) is 24.1 Å². The second-order valence-electron chi connectivity index (χ2n) is 8.13. The smallest absolute Gasteiger partial charge is 0.251 e. The van der Waals surface area contributed by atoms with E-state index in [4.69, 9.17) is 0 Å². The summed E-state index contributed by atoms with van der Waals surface area (Å²) in [4.78, 5) is 27.1. The van der Waals surface area contributed by atoms with Gasteiger partial charge in [0.15, 0.2) is 0 Å². The van der Waals surface area contributed by atoms with E-state index >= 15 is 0 Å². The van der Waals surface area contributed by atoms with E-state index in [1.165, 1.54) is 5.56 Å². The quantitative estimate of drug-likeness (QED) is 0.779. The molecule has 0 saturated heterocycles. The Morgan fingerprint density at radius 3 is 2.29 bits per heavy atom. The molecule has 1 saturated carbocycles. The number of amides is 2. The maximum Gasteiger partial charge on any atom is 0.251 e. The fraction of sp³-hybridized carbons (Fsp3) is 0.417. The van der Waals surface area contributed by atoms with Crippen LogP contribution in [0.15, 0.2) is 42.5 Å². The summed E-state index contributed by atoms with van der Waals surface area (Å²) in [6.07, 6.45) is 2.09. The molecular formula is C24H30N2O2. The summed E-state index contributed by atoms with van der Waals surface area (Å²) in [6.45, 7) is 8.98. The standard InChI is InChI=1S/C24H30N2O2/c1-16(2)20-9-6-19(7-10-20)15-26(22-11-12-22)23(27)14-25-24(28)21-8-5-17(3)18(4)13-21/h5-10,13,16,22H,11-12,14-15H2,1-4H3,(H,25,28). The number of carbonyl (C=O) groups excluding carboxylic acids is 2. The zero-order valence-corrected chi connectivity index (χ0v) is 17.3. The average molecular weight is 379 g/mol. The lowest BCUT2D eigenvalue weighted by atomic mass is 10.0. The molecule has 1 fully saturated rings. The van der Waals surface area contributed by atoms with Crippen molar-refractivity contribution in [2.75, 3.05) is 6.54 Å². The highest BCUT2D eigenvalue weighted by atomic mass is 16.2. The number of nitrogens with zero attached hydrogens (tertiary/aromatic N) is 1. The highest BCUT2D eigenvalue weighted by Gasteiger charge is 2.32. The second kappa shape index (κ2) is 8.59. The molecule has 0 aliphatic heterocycles. The number of benzene rings is 2. The molecule has 0 atom stereocenters. The van der Waals surface area contributed by atoms with Crippen molar-refractivity contribution in [1.82, 2.24) is 10.2 Å². The summed E-state index contributed by atoms with van der Waals surface area (Å²) in [7, 11) is 0. The number of nitrogens with one attached hydrogen (secondary N) is 1. The molecule has 148 valence electrons. The molecule has 0 heterocycles. The van der Waals surface area contributed by atoms with Gasteiger partial charge in [0.2, 0.25) is 5.91 Å². The molecule has 0 aromatic heterocycles. The number of hydrogen-bond acceptors (Lipinski definition) is 2. The van der Waals surface area contributed by atoms with E-state index in [1.54, 1.807) is 6.07 Å². The Bertz CT molecular complexity index is 851. The van der Waals surface area contributed by atoms with Gasteiger partial charge in [0.05, 0.1) is 6.54 Å². The summed E-state index contributed by atoms with van der Waals surface area (Å²) in [5, 5.41) is 2.79. The van der Waals surface area contributed by atoms with E-state index in [2.05, 4.69) is 43.4 Å². The molecule has 2 aromatic carbocycles. The van der Waals surface area contributed by atoms with Crippen molar-refractivity contribution in [3.8, 4) is 0 Å². The number of rotatable bonds is 7. The molecule has 0 bridgehead atoms. The van der Waals surface area contributed by atoms with Crippen LogP contribution in [0.3, 0.4) is 0 Å². The molecule has 0 spiro atoms. The van der Waals surface area contributed by atoms with Gasteiger partial charge in [0.25, 0.3) is 5.91 Å². The van der Waals surface area contributed by atoms with Crippen molar-refractivity contribution in [3.05, 3.63) is 70.3 Å². The minimum absolute atomic E-state index is 0.0207. The minimum Gasteiger partial charge on any atom is -0.343 e. The summed E-state index contributed by atoms with van der Waals surface area (Å²) < 4.78 is 0. The SMILES string of the molecule is Cc1ccc(C(=O)NCC(=O)N(Cc2ccc(C(C)C)cc2)C2CC2)cc1C. The zero-order valence-electron chi connectivity index (χ0n) is 17.3. The summed E-state index contributed by atoms with van der Waals surface area (Å²) >= 11 is 0. The van der Waals surface area contributed by atoms with Crippen LogP contribution in [-0.2, 0) is 11.3 Å². The normalized spacial score (nSPS) is 13.5. The van der Waals surface area contributed by atoms with Crippen LogP contribution in [0.5, 0.6) is 0 Å². The summed E-state index contributed by atoms with van der Waals surface area (Å²) in [5.41, 5.74) is 5.25. The predicted molar refractivity (Wildman–Crippen MR) is 112 cm³/mol. The van der Waals surface area contributed by atoms with Gasteiger partial charge in [-0.3, -0.25) is 9.59 Å². The van der Waals surface area contributed by atoms with Crippen molar-refractivity contribution >= 4 is 11.8 Å². The Morgan fingerprint density at radius 1 is 1.04 bits per heavy atom. The molecule has 1 aliphatic rings. The number of carbonyl (C=O) groups is 2. The van der Waals surface area contributed by atoms with Gasteiger partial charge in [0, 0.05) is 18.2 Å². The van der Waals surface area contributed by atoms with E-state index < -0.39 is 0 Å². The van der Waals surface area contributed by atoms with Gasteiger partial charge in [-0.25, -0.2) is 0 Å². The van der Waals surface area contributed by atoms with Crippen LogP contribution in [0.25, 0.3) is 0 Å². The molecule has 2 amide bonds. The van der Waals surface area contributed by atoms with Crippen LogP contribution in [0.4, 0.5) is 0 Å². The van der Waals surface area contributed by atoms with Crippen LogP contribution < -0.4 is 5.32 Å². The number of hydrogen-bond donors (Lipinski definition) is 1. The Balaban J connectivity index is 1.60. The highest BCUT2D eigenvalue weighted by Crippen LogP contribution is 2.28. The molecule has 1 aliphatic carbocycles. The molecule has 4 heteroatoms. The predicted octanol–water partition coefficient (Wildman–Crippen LogP) is 4.35. The van der Waals surface area contributed by atoms with Crippen molar-refractivity contribution in [2.45, 2.75) is 59.0 Å². The molecule has 0 unspecified atom stereocenters. The van der Waals surface area contributed by atoms with Crippen molar-refractivity contribution in [1.29, 1.82) is 0 Å². The van der Waals surface area contributed by atoms with E-state index in [1.807, 2.05) is 30.9 Å². The lowest BCUT2D eigenvalue weighted by molar-refractivity contribution is -0.131. The third-order valence-corrected chi connectivity index (χ3v) is 5.48. The van der Waals surface area contributed by atoms with Crippen LogP contribution in [0, 0.1) is 13.8 Å². The molecule has 1 N–H and O–H groups in total. The third-order valence-electron chi connectivity index (χ3n) is 5.48. The van der Waals surface area contributed by atoms with Crippen LogP contribution in [0.2, 0.25) is 0 Å². The third kappa shape index (κ3) is 5.00. The van der Waals surface area contributed by atoms with Gasteiger partial charge < -0.3 is 10.2 Å². The van der Waals surface area contributed by atoms with E-state index in [9.17, 15) is 9.59 Å². The lowest BCUT2D eigenvalue weighted by Gasteiger charge is -2.23. The fourth-order valence-corrected chi connectivity index (χ4v) is 3.25. The lowest BCUT2D eigenvalue weighted by Crippen LogP contribution is -2.41. The highest BCUT2D eigenvalue weighted by molar-refractivity contribution is 5.96. The van der Waals surface area contributed by atoms with Crippen LogP contribution in [0.1, 0.15) is 65.2 Å². The molecule has 2 aromatic rings. The van der Waals surface area contributed by atoms with Gasteiger partial charge in [0.1, 0.15) is 0 Å². The van der Waals surface area contributed by atoms with E-state index in [0.717, 1.165) is 29.5 Å². The molecule has 4 nitrogen and oxygen atoms in total. The Hall–Kier alpha value is -2.62. The maximum atomic E-state index is 12.8. The Morgan fingerprint density at radius 2 is 1.71 bits per heavy atom. The summed E-state index contributed by atoms with van der Waals surface area (Å²) in [5.74, 6) is 0.275. The zero-order chi connectivity index (χ0) is 20.3. The molecule has 0 radical (unpaired) electrons. The Labute approximate surface area is 167 Å². The Kier molecular flexibility index (Phi) is 6.18. The first-order valence-corrected chi connectivity index (χ1v) is 10.1. The van der Waals surface area contributed by atoms with Crippen LogP contribution >= 0.6 is 0 Å².